The number of aromatic amines is 1. The zero-order valence-corrected chi connectivity index (χ0v) is 8.04. The summed E-state index contributed by atoms with van der Waals surface area (Å²) in [6, 6.07) is 0.277. The molecular weight excluding hydrogens is 198 g/mol. The van der Waals surface area contributed by atoms with E-state index in [0.717, 1.165) is 0 Å². The Morgan fingerprint density at radius 1 is 1.27 bits per heavy atom. The van der Waals surface area contributed by atoms with E-state index in [4.69, 9.17) is 9.47 Å². The van der Waals surface area contributed by atoms with E-state index in [1.54, 1.807) is 13.3 Å². The number of aromatic nitrogens is 5. The van der Waals surface area contributed by atoms with Crippen LogP contribution in [0.15, 0.2) is 18.6 Å². The molecule has 0 aromatic carbocycles. The first-order valence-electron chi connectivity index (χ1n) is 4.22. The van der Waals surface area contributed by atoms with Crippen LogP contribution >= 0.6 is 0 Å². The molecule has 2 rings (SSSR count). The number of hydrogen-bond donors (Lipinski definition) is 1. The molecule has 2 aromatic rings. The van der Waals surface area contributed by atoms with E-state index < -0.39 is 0 Å². The molecule has 7 heteroatoms. The molecule has 0 amide bonds. The first-order chi connectivity index (χ1) is 7.38. The summed E-state index contributed by atoms with van der Waals surface area (Å²) in [6.07, 6.45) is 4.64. The van der Waals surface area contributed by atoms with Gasteiger partial charge in [-0.25, -0.2) is 0 Å². The van der Waals surface area contributed by atoms with E-state index in [1.807, 2.05) is 0 Å². The van der Waals surface area contributed by atoms with Gasteiger partial charge in [-0.1, -0.05) is 0 Å². The molecule has 1 N–H and O–H groups in total. The second-order valence-electron chi connectivity index (χ2n) is 2.66. The van der Waals surface area contributed by atoms with Gasteiger partial charge in [0.25, 0.3) is 0 Å². The monoisotopic (exact) mass is 207 g/mol. The van der Waals surface area contributed by atoms with Crippen LogP contribution in [-0.4, -0.2) is 32.5 Å². The predicted octanol–water partition coefficient (Wildman–Crippen LogP) is 0.182. The molecule has 0 saturated carbocycles. The molecule has 0 radical (unpaired) electrons. The number of rotatable bonds is 4. The van der Waals surface area contributed by atoms with E-state index in [9.17, 15) is 0 Å². The van der Waals surface area contributed by atoms with E-state index in [-0.39, 0.29) is 12.6 Å². The van der Waals surface area contributed by atoms with Crippen LogP contribution in [0, 0.1) is 0 Å². The SMILES string of the molecule is COc1cnc(OCc2cn[nH]n2)nc1. The number of nitrogens with zero attached hydrogens (tertiary/aromatic N) is 4. The van der Waals surface area contributed by atoms with Gasteiger partial charge in [-0.2, -0.15) is 25.4 Å². The number of ether oxygens (including phenoxy) is 2. The summed E-state index contributed by atoms with van der Waals surface area (Å²) in [6.45, 7) is 0.281. The minimum Gasteiger partial charge on any atom is -0.494 e. The summed E-state index contributed by atoms with van der Waals surface area (Å²) in [5.41, 5.74) is 0.689. The largest absolute Gasteiger partial charge is 0.494 e. The van der Waals surface area contributed by atoms with Crippen LogP contribution in [0.5, 0.6) is 11.8 Å². The Morgan fingerprint density at radius 3 is 2.67 bits per heavy atom. The van der Waals surface area contributed by atoms with Crippen LogP contribution in [0.3, 0.4) is 0 Å². The average Bonchev–Trinajstić information content (AvgIpc) is 2.80. The van der Waals surface area contributed by atoms with Gasteiger partial charge >= 0.3 is 6.01 Å². The van der Waals surface area contributed by atoms with Crippen molar-refractivity contribution in [1.29, 1.82) is 0 Å². The smallest absolute Gasteiger partial charge is 0.316 e. The summed E-state index contributed by atoms with van der Waals surface area (Å²) in [4.78, 5) is 7.86. The lowest BCUT2D eigenvalue weighted by molar-refractivity contribution is 0.274. The van der Waals surface area contributed by atoms with Crippen molar-refractivity contribution in [2.75, 3.05) is 7.11 Å². The van der Waals surface area contributed by atoms with E-state index in [1.165, 1.54) is 12.4 Å². The van der Waals surface area contributed by atoms with Gasteiger partial charge in [0, 0.05) is 0 Å². The molecule has 0 spiro atoms. The van der Waals surface area contributed by atoms with Crippen LogP contribution in [0.1, 0.15) is 5.69 Å². The summed E-state index contributed by atoms with van der Waals surface area (Å²) in [5, 5.41) is 9.95. The fourth-order valence-corrected chi connectivity index (χ4v) is 0.918. The van der Waals surface area contributed by atoms with Crippen molar-refractivity contribution < 1.29 is 9.47 Å². The molecule has 0 unspecified atom stereocenters. The van der Waals surface area contributed by atoms with Crippen LogP contribution < -0.4 is 9.47 Å². The Morgan fingerprint density at radius 2 is 2.07 bits per heavy atom. The molecule has 2 aromatic heterocycles. The second kappa shape index (κ2) is 4.36. The summed E-state index contributed by atoms with van der Waals surface area (Å²) < 4.78 is 10.2. The van der Waals surface area contributed by atoms with Crippen LogP contribution in [0.4, 0.5) is 0 Å². The normalized spacial score (nSPS) is 9.93. The Hall–Kier alpha value is -2.18. The average molecular weight is 207 g/mol. The molecule has 7 nitrogen and oxygen atoms in total. The van der Waals surface area contributed by atoms with Gasteiger partial charge in [0.05, 0.1) is 25.7 Å². The van der Waals surface area contributed by atoms with E-state index in [0.29, 0.717) is 11.4 Å². The van der Waals surface area contributed by atoms with Crippen molar-refractivity contribution in [2.45, 2.75) is 6.61 Å². The fraction of sp³-hybridized carbons (Fsp3) is 0.250. The van der Waals surface area contributed by atoms with Crippen LogP contribution in [0.25, 0.3) is 0 Å². The van der Waals surface area contributed by atoms with Crippen LogP contribution in [-0.2, 0) is 6.61 Å². The summed E-state index contributed by atoms with van der Waals surface area (Å²) >= 11 is 0. The van der Waals surface area contributed by atoms with Crippen molar-refractivity contribution in [1.82, 2.24) is 25.4 Å². The first-order valence-corrected chi connectivity index (χ1v) is 4.22. The highest BCUT2D eigenvalue weighted by atomic mass is 16.5. The van der Waals surface area contributed by atoms with Crippen molar-refractivity contribution >= 4 is 0 Å². The minimum absolute atomic E-state index is 0.277. The molecule has 0 bridgehead atoms. The Labute approximate surface area is 85.5 Å². The lowest BCUT2D eigenvalue weighted by Gasteiger charge is -2.02. The third kappa shape index (κ3) is 2.39. The summed E-state index contributed by atoms with van der Waals surface area (Å²) in [7, 11) is 1.55. The molecule has 0 aliphatic carbocycles. The molecule has 2 heterocycles. The highest BCUT2D eigenvalue weighted by Crippen LogP contribution is 2.09. The van der Waals surface area contributed by atoms with E-state index >= 15 is 0 Å². The highest BCUT2D eigenvalue weighted by molar-refractivity contribution is 5.13. The summed E-state index contributed by atoms with van der Waals surface area (Å²) in [5.74, 6) is 0.587. The maximum absolute atomic E-state index is 5.25. The fourth-order valence-electron chi connectivity index (χ4n) is 0.918. The van der Waals surface area contributed by atoms with Gasteiger partial charge in [0.2, 0.25) is 0 Å². The number of H-pyrrole nitrogens is 1. The first kappa shape index (κ1) is 9.38. The zero-order valence-electron chi connectivity index (χ0n) is 8.04. The van der Waals surface area contributed by atoms with Crippen molar-refractivity contribution in [3.05, 3.63) is 24.3 Å². The Balaban J connectivity index is 1.93. The molecule has 0 aliphatic rings. The quantitative estimate of drug-likeness (QED) is 0.769. The molecule has 0 atom stereocenters. The zero-order chi connectivity index (χ0) is 10.5. The minimum atomic E-state index is 0.277. The van der Waals surface area contributed by atoms with Gasteiger partial charge in [-0.05, 0) is 0 Å². The van der Waals surface area contributed by atoms with Crippen molar-refractivity contribution in [2.24, 2.45) is 0 Å². The topological polar surface area (TPSA) is 85.8 Å². The van der Waals surface area contributed by atoms with Crippen molar-refractivity contribution in [3.8, 4) is 11.8 Å². The lowest BCUT2D eigenvalue weighted by atomic mass is 10.5. The Kier molecular flexibility index (Phi) is 2.72. The number of nitrogens with one attached hydrogen (secondary N) is 1. The maximum Gasteiger partial charge on any atom is 0.316 e. The van der Waals surface area contributed by atoms with Gasteiger partial charge in [-0.15, -0.1) is 0 Å². The Bertz CT molecular complexity index is 399. The molecule has 15 heavy (non-hydrogen) atoms. The maximum atomic E-state index is 5.25. The number of methoxy groups -OCH3 is 1. The van der Waals surface area contributed by atoms with Gasteiger partial charge in [0.1, 0.15) is 12.3 Å². The second-order valence-corrected chi connectivity index (χ2v) is 2.66. The standard InChI is InChI=1S/C8H9N5O2/c1-14-7-3-9-8(10-4-7)15-5-6-2-11-13-12-6/h2-4H,5H2,1H3,(H,11,12,13). The predicted molar refractivity (Wildman–Crippen MR) is 49.3 cm³/mol. The molecule has 78 valence electrons. The highest BCUT2D eigenvalue weighted by Gasteiger charge is 2.00. The third-order valence-electron chi connectivity index (χ3n) is 1.65. The van der Waals surface area contributed by atoms with Gasteiger partial charge in [0.15, 0.2) is 5.75 Å². The third-order valence-corrected chi connectivity index (χ3v) is 1.65. The lowest BCUT2D eigenvalue weighted by Crippen LogP contribution is -1.99. The molecule has 0 fully saturated rings. The van der Waals surface area contributed by atoms with Crippen molar-refractivity contribution in [3.63, 3.8) is 0 Å². The van der Waals surface area contributed by atoms with Gasteiger partial charge < -0.3 is 9.47 Å². The van der Waals surface area contributed by atoms with Crippen LogP contribution in [0.2, 0.25) is 0 Å². The van der Waals surface area contributed by atoms with E-state index in [2.05, 4.69) is 25.4 Å². The molecule has 0 saturated heterocycles. The molecule has 0 aliphatic heterocycles. The number of hydrogen-bond acceptors (Lipinski definition) is 6. The molecular formula is C8H9N5O2. The van der Waals surface area contributed by atoms with Gasteiger partial charge in [-0.3, -0.25) is 0 Å².